The van der Waals surface area contributed by atoms with Gasteiger partial charge < -0.3 is 0 Å². The quantitative estimate of drug-likeness (QED) is 0.350. The van der Waals surface area contributed by atoms with Crippen LogP contribution in [0.1, 0.15) is 52.9 Å². The molecule has 0 N–H and O–H groups in total. The molecule has 0 rings (SSSR count). The Hall–Kier alpha value is -0.840. The van der Waals surface area contributed by atoms with E-state index in [4.69, 9.17) is 5.26 Å². The maximum absolute atomic E-state index is 8.42. The van der Waals surface area contributed by atoms with Crippen LogP contribution in [0.25, 0.3) is 0 Å². The molecule has 0 aromatic rings. The van der Waals surface area contributed by atoms with Crippen molar-refractivity contribution in [3.05, 3.63) is 0 Å². The summed E-state index contributed by atoms with van der Waals surface area (Å²) in [6.07, 6.45) is 7.94. The van der Waals surface area contributed by atoms with Gasteiger partial charge in [0.25, 0.3) is 0 Å². The van der Waals surface area contributed by atoms with Crippen LogP contribution < -0.4 is 0 Å². The number of hydrogen-bond acceptors (Lipinski definition) is 2. The van der Waals surface area contributed by atoms with E-state index < -0.39 is 0 Å². The molecule has 13 heavy (non-hydrogen) atoms. The molecule has 2 nitrogen and oxygen atoms in total. The SMILES string of the molecule is CCCCCC(CC)/C(C)=N\C#N. The highest BCUT2D eigenvalue weighted by molar-refractivity contribution is 5.85. The zero-order valence-electron chi connectivity index (χ0n) is 9.01. The predicted octanol–water partition coefficient (Wildman–Crippen LogP) is 3.53. The van der Waals surface area contributed by atoms with Crippen molar-refractivity contribution in [2.45, 2.75) is 52.9 Å². The monoisotopic (exact) mass is 180 g/mol. The van der Waals surface area contributed by atoms with Gasteiger partial charge in [-0.25, -0.2) is 0 Å². The summed E-state index contributed by atoms with van der Waals surface area (Å²) in [6.45, 7) is 6.33. The highest BCUT2D eigenvalue weighted by atomic mass is 14.7. The average Bonchev–Trinajstić information content (AvgIpc) is 2.13. The lowest BCUT2D eigenvalue weighted by Gasteiger charge is -2.12. The Labute approximate surface area is 81.7 Å². The fourth-order valence-electron chi connectivity index (χ4n) is 1.52. The molecule has 0 fully saturated rings. The van der Waals surface area contributed by atoms with Crippen LogP contribution in [-0.4, -0.2) is 5.71 Å². The first-order valence-electron chi connectivity index (χ1n) is 5.19. The van der Waals surface area contributed by atoms with E-state index in [1.165, 1.54) is 25.7 Å². The zero-order valence-corrected chi connectivity index (χ0v) is 9.01. The van der Waals surface area contributed by atoms with Crippen molar-refractivity contribution in [3.8, 4) is 6.19 Å². The van der Waals surface area contributed by atoms with E-state index in [9.17, 15) is 0 Å². The molecule has 74 valence electrons. The first-order valence-corrected chi connectivity index (χ1v) is 5.19. The van der Waals surface area contributed by atoms with Gasteiger partial charge in [-0.2, -0.15) is 10.3 Å². The van der Waals surface area contributed by atoms with E-state index in [1.54, 1.807) is 0 Å². The minimum absolute atomic E-state index is 0.520. The van der Waals surface area contributed by atoms with Gasteiger partial charge in [-0.15, -0.1) is 0 Å². The number of aliphatic imine (C=N–C) groups is 1. The fraction of sp³-hybridized carbons (Fsp3) is 0.818. The summed E-state index contributed by atoms with van der Waals surface area (Å²) in [5, 5.41) is 8.42. The number of rotatable bonds is 6. The van der Waals surface area contributed by atoms with E-state index in [2.05, 4.69) is 18.8 Å². The highest BCUT2D eigenvalue weighted by Crippen LogP contribution is 2.15. The Kier molecular flexibility index (Phi) is 7.29. The molecule has 0 aromatic carbocycles. The molecule has 0 radical (unpaired) electrons. The third-order valence-electron chi connectivity index (χ3n) is 2.47. The molecule has 0 aliphatic carbocycles. The molecular formula is C11H20N2. The maximum Gasteiger partial charge on any atom is 0.205 e. The molecule has 2 heteroatoms. The minimum atomic E-state index is 0.520. The smallest absolute Gasteiger partial charge is 0.183 e. The second-order valence-electron chi connectivity index (χ2n) is 3.45. The number of nitrogens with zero attached hydrogens (tertiary/aromatic N) is 2. The van der Waals surface area contributed by atoms with Crippen LogP contribution >= 0.6 is 0 Å². The van der Waals surface area contributed by atoms with Gasteiger partial charge in [-0.3, -0.25) is 0 Å². The molecular weight excluding hydrogens is 160 g/mol. The third kappa shape index (κ3) is 5.41. The summed E-state index contributed by atoms with van der Waals surface area (Å²) < 4.78 is 0. The number of nitriles is 1. The number of hydrogen-bond donors (Lipinski definition) is 0. The van der Waals surface area contributed by atoms with E-state index in [0.29, 0.717) is 5.92 Å². The normalized spacial score (nSPS) is 13.8. The Morgan fingerprint density at radius 2 is 2.08 bits per heavy atom. The molecule has 0 bridgehead atoms. The van der Waals surface area contributed by atoms with Gasteiger partial charge in [0.05, 0.1) is 0 Å². The van der Waals surface area contributed by atoms with Crippen LogP contribution in [-0.2, 0) is 0 Å². The fourth-order valence-corrected chi connectivity index (χ4v) is 1.52. The lowest BCUT2D eigenvalue weighted by atomic mass is 9.94. The molecule has 0 saturated carbocycles. The largest absolute Gasteiger partial charge is 0.205 e. The standard InChI is InChI=1S/C11H20N2/c1-4-6-7-8-11(5-2)10(3)13-9-12/h11H,4-8H2,1-3H3/b13-10-. The second-order valence-corrected chi connectivity index (χ2v) is 3.45. The molecule has 0 spiro atoms. The lowest BCUT2D eigenvalue weighted by molar-refractivity contribution is 0.550. The summed E-state index contributed by atoms with van der Waals surface area (Å²) in [7, 11) is 0. The summed E-state index contributed by atoms with van der Waals surface area (Å²) in [6, 6.07) is 0. The topological polar surface area (TPSA) is 36.1 Å². The summed E-state index contributed by atoms with van der Waals surface area (Å²) in [5.74, 6) is 0.520. The van der Waals surface area contributed by atoms with E-state index >= 15 is 0 Å². The summed E-state index contributed by atoms with van der Waals surface area (Å²) in [5.41, 5.74) is 1.00. The molecule has 0 aliphatic heterocycles. The van der Waals surface area contributed by atoms with Gasteiger partial charge in [0.15, 0.2) is 0 Å². The molecule has 0 heterocycles. The van der Waals surface area contributed by atoms with Crippen LogP contribution in [0.2, 0.25) is 0 Å². The molecule has 1 atom stereocenters. The van der Waals surface area contributed by atoms with Crippen LogP contribution in [0.15, 0.2) is 4.99 Å². The van der Waals surface area contributed by atoms with Crippen molar-refractivity contribution < 1.29 is 0 Å². The second kappa shape index (κ2) is 7.79. The van der Waals surface area contributed by atoms with E-state index in [1.807, 2.05) is 13.1 Å². The van der Waals surface area contributed by atoms with Gasteiger partial charge >= 0.3 is 0 Å². The molecule has 0 saturated heterocycles. The van der Waals surface area contributed by atoms with Crippen molar-refractivity contribution in [2.24, 2.45) is 10.9 Å². The zero-order chi connectivity index (χ0) is 10.1. The molecule has 0 amide bonds. The van der Waals surface area contributed by atoms with Crippen molar-refractivity contribution in [2.75, 3.05) is 0 Å². The Morgan fingerprint density at radius 3 is 2.54 bits per heavy atom. The van der Waals surface area contributed by atoms with Crippen LogP contribution in [0.4, 0.5) is 0 Å². The summed E-state index contributed by atoms with van der Waals surface area (Å²) in [4.78, 5) is 3.80. The van der Waals surface area contributed by atoms with Crippen LogP contribution in [0.5, 0.6) is 0 Å². The van der Waals surface area contributed by atoms with Gasteiger partial charge in [0, 0.05) is 5.71 Å². The third-order valence-corrected chi connectivity index (χ3v) is 2.47. The van der Waals surface area contributed by atoms with Gasteiger partial charge in [0.2, 0.25) is 6.19 Å². The lowest BCUT2D eigenvalue weighted by Crippen LogP contribution is -2.09. The molecule has 0 aliphatic rings. The average molecular weight is 180 g/mol. The molecule has 1 unspecified atom stereocenters. The van der Waals surface area contributed by atoms with Crippen molar-refractivity contribution in [3.63, 3.8) is 0 Å². The van der Waals surface area contributed by atoms with Gasteiger partial charge in [-0.1, -0.05) is 33.1 Å². The Morgan fingerprint density at radius 1 is 1.38 bits per heavy atom. The Balaban J connectivity index is 3.89. The van der Waals surface area contributed by atoms with E-state index in [0.717, 1.165) is 12.1 Å². The van der Waals surface area contributed by atoms with Crippen molar-refractivity contribution >= 4 is 5.71 Å². The molecule has 0 aromatic heterocycles. The van der Waals surface area contributed by atoms with E-state index in [-0.39, 0.29) is 0 Å². The van der Waals surface area contributed by atoms with Gasteiger partial charge in [-0.05, 0) is 25.7 Å². The number of unbranched alkanes of at least 4 members (excludes halogenated alkanes) is 2. The van der Waals surface area contributed by atoms with Gasteiger partial charge in [0.1, 0.15) is 0 Å². The predicted molar refractivity (Wildman–Crippen MR) is 56.6 cm³/mol. The first-order chi connectivity index (χ1) is 6.26. The summed E-state index contributed by atoms with van der Waals surface area (Å²) >= 11 is 0. The first kappa shape index (κ1) is 12.2. The highest BCUT2D eigenvalue weighted by Gasteiger charge is 2.08. The Bertz CT molecular complexity index is 189. The van der Waals surface area contributed by atoms with Crippen molar-refractivity contribution in [1.29, 1.82) is 5.26 Å². The van der Waals surface area contributed by atoms with Crippen LogP contribution in [0.3, 0.4) is 0 Å². The minimum Gasteiger partial charge on any atom is -0.183 e. The van der Waals surface area contributed by atoms with Crippen molar-refractivity contribution in [1.82, 2.24) is 0 Å². The van der Waals surface area contributed by atoms with Crippen LogP contribution in [0, 0.1) is 17.4 Å². The maximum atomic E-state index is 8.42.